The number of fused-ring (bicyclic) bond motifs is 1. The Morgan fingerprint density at radius 3 is 2.04 bits per heavy atom. The smallest absolute Gasteiger partial charge is 0.150 e. The third kappa shape index (κ3) is 3.42. The highest BCUT2D eigenvalue weighted by Gasteiger charge is 2.37. The van der Waals surface area contributed by atoms with Gasteiger partial charge in [0.15, 0.2) is 0 Å². The SMILES string of the molecule is Cc1cc2c(cc1C(C)Oc1ccc(C=O)cc1)C(C)(C)CCC2(C)C. The molecule has 0 radical (unpaired) electrons. The van der Waals surface area contributed by atoms with Crippen molar-refractivity contribution in [1.29, 1.82) is 0 Å². The van der Waals surface area contributed by atoms with Gasteiger partial charge in [-0.2, -0.15) is 0 Å². The second-order valence-electron chi connectivity index (χ2n) is 8.97. The minimum Gasteiger partial charge on any atom is -0.486 e. The van der Waals surface area contributed by atoms with Crippen LogP contribution in [0.3, 0.4) is 0 Å². The lowest BCUT2D eigenvalue weighted by Crippen LogP contribution is -2.34. The largest absolute Gasteiger partial charge is 0.486 e. The topological polar surface area (TPSA) is 26.3 Å². The van der Waals surface area contributed by atoms with Crippen LogP contribution in [0.15, 0.2) is 36.4 Å². The summed E-state index contributed by atoms with van der Waals surface area (Å²) in [6.45, 7) is 13.7. The standard InChI is InChI=1S/C24H30O2/c1-16-13-21-22(24(5,6)12-11-23(21,3)4)14-20(16)17(2)26-19-9-7-18(15-25)8-10-19/h7-10,13-15,17H,11-12H2,1-6H3. The monoisotopic (exact) mass is 350 g/mol. The predicted molar refractivity (Wildman–Crippen MR) is 107 cm³/mol. The Hall–Kier alpha value is -2.09. The summed E-state index contributed by atoms with van der Waals surface area (Å²) < 4.78 is 6.18. The number of hydrogen-bond acceptors (Lipinski definition) is 2. The molecule has 1 unspecified atom stereocenters. The molecule has 2 nitrogen and oxygen atoms in total. The molecule has 2 aromatic carbocycles. The van der Waals surface area contributed by atoms with Crippen LogP contribution in [-0.2, 0) is 10.8 Å². The van der Waals surface area contributed by atoms with E-state index >= 15 is 0 Å². The highest BCUT2D eigenvalue weighted by atomic mass is 16.5. The quantitative estimate of drug-likeness (QED) is 0.605. The fraction of sp³-hybridized carbons (Fsp3) is 0.458. The number of carbonyl (C=O) groups is 1. The van der Waals surface area contributed by atoms with Crippen LogP contribution in [-0.4, -0.2) is 6.29 Å². The molecular formula is C24H30O2. The second kappa shape index (κ2) is 6.57. The molecule has 0 heterocycles. The van der Waals surface area contributed by atoms with Crippen LogP contribution in [0, 0.1) is 6.92 Å². The van der Waals surface area contributed by atoms with E-state index in [4.69, 9.17) is 4.74 Å². The molecule has 138 valence electrons. The maximum atomic E-state index is 10.8. The molecule has 2 heteroatoms. The zero-order valence-electron chi connectivity index (χ0n) is 16.8. The van der Waals surface area contributed by atoms with Crippen LogP contribution in [0.4, 0.5) is 0 Å². The van der Waals surface area contributed by atoms with Gasteiger partial charge in [-0.25, -0.2) is 0 Å². The van der Waals surface area contributed by atoms with Crippen LogP contribution >= 0.6 is 0 Å². The van der Waals surface area contributed by atoms with Crippen LogP contribution in [0.2, 0.25) is 0 Å². The zero-order chi connectivity index (χ0) is 19.1. The van der Waals surface area contributed by atoms with E-state index in [2.05, 4.69) is 53.7 Å². The number of aldehydes is 1. The number of benzene rings is 2. The van der Waals surface area contributed by atoms with Gasteiger partial charge >= 0.3 is 0 Å². The van der Waals surface area contributed by atoms with Crippen molar-refractivity contribution < 1.29 is 9.53 Å². The van der Waals surface area contributed by atoms with Crippen LogP contribution in [0.5, 0.6) is 5.75 Å². The molecule has 0 N–H and O–H groups in total. The summed E-state index contributed by atoms with van der Waals surface area (Å²) >= 11 is 0. The number of aryl methyl sites for hydroxylation is 1. The van der Waals surface area contributed by atoms with Gasteiger partial charge in [0, 0.05) is 5.56 Å². The van der Waals surface area contributed by atoms with Crippen molar-refractivity contribution in [2.24, 2.45) is 0 Å². The Balaban J connectivity index is 1.96. The molecule has 0 saturated carbocycles. The lowest BCUT2D eigenvalue weighted by atomic mass is 9.62. The molecule has 0 aliphatic heterocycles. The molecule has 0 amide bonds. The minimum absolute atomic E-state index is 0.0387. The molecule has 2 aromatic rings. The third-order valence-corrected chi connectivity index (χ3v) is 6.01. The molecule has 0 fully saturated rings. The highest BCUT2D eigenvalue weighted by molar-refractivity contribution is 5.74. The van der Waals surface area contributed by atoms with Crippen LogP contribution < -0.4 is 4.74 Å². The molecule has 1 aliphatic carbocycles. The van der Waals surface area contributed by atoms with Gasteiger partial charge in [-0.05, 0) is 84.0 Å². The average Bonchev–Trinajstić information content (AvgIpc) is 2.59. The third-order valence-electron chi connectivity index (χ3n) is 6.01. The first-order valence-electron chi connectivity index (χ1n) is 9.51. The van der Waals surface area contributed by atoms with Gasteiger partial charge in [-0.15, -0.1) is 0 Å². The molecule has 0 spiro atoms. The van der Waals surface area contributed by atoms with Crippen molar-refractivity contribution in [1.82, 2.24) is 0 Å². The number of carbonyl (C=O) groups excluding carboxylic acids is 1. The van der Waals surface area contributed by atoms with Crippen molar-refractivity contribution in [2.75, 3.05) is 0 Å². The molecule has 3 rings (SSSR count). The molecule has 1 aliphatic rings. The Morgan fingerprint density at radius 2 is 1.50 bits per heavy atom. The summed E-state index contributed by atoms with van der Waals surface area (Å²) in [5.74, 6) is 0.791. The first kappa shape index (κ1) is 18.7. The van der Waals surface area contributed by atoms with Gasteiger partial charge in [-0.1, -0.05) is 39.8 Å². The minimum atomic E-state index is -0.0387. The van der Waals surface area contributed by atoms with Crippen molar-refractivity contribution in [2.45, 2.75) is 71.3 Å². The summed E-state index contributed by atoms with van der Waals surface area (Å²) in [5.41, 5.74) is 6.56. The van der Waals surface area contributed by atoms with Gasteiger partial charge in [0.25, 0.3) is 0 Å². The first-order valence-corrected chi connectivity index (χ1v) is 9.51. The number of rotatable bonds is 4. The van der Waals surface area contributed by atoms with E-state index in [-0.39, 0.29) is 16.9 Å². The van der Waals surface area contributed by atoms with Crippen LogP contribution in [0.25, 0.3) is 0 Å². The lowest BCUT2D eigenvalue weighted by Gasteiger charge is -2.42. The van der Waals surface area contributed by atoms with E-state index in [0.717, 1.165) is 12.0 Å². The molecule has 0 aromatic heterocycles. The maximum absolute atomic E-state index is 10.8. The fourth-order valence-electron chi connectivity index (χ4n) is 4.07. The van der Waals surface area contributed by atoms with Crippen LogP contribution in [0.1, 0.15) is 86.2 Å². The molecular weight excluding hydrogens is 320 g/mol. The molecule has 1 atom stereocenters. The molecule has 0 saturated heterocycles. The van der Waals surface area contributed by atoms with Gasteiger partial charge < -0.3 is 4.74 Å². The Bertz CT molecular complexity index is 813. The zero-order valence-corrected chi connectivity index (χ0v) is 16.8. The lowest BCUT2D eigenvalue weighted by molar-refractivity contribution is 0.112. The first-order chi connectivity index (χ1) is 12.1. The summed E-state index contributed by atoms with van der Waals surface area (Å²) in [7, 11) is 0. The van der Waals surface area contributed by atoms with Gasteiger partial charge in [-0.3, -0.25) is 4.79 Å². The number of hydrogen-bond donors (Lipinski definition) is 0. The number of ether oxygens (including phenoxy) is 1. The van der Waals surface area contributed by atoms with Crippen molar-refractivity contribution in [3.05, 3.63) is 64.2 Å². The fourth-order valence-corrected chi connectivity index (χ4v) is 4.07. The van der Waals surface area contributed by atoms with Crippen molar-refractivity contribution in [3.8, 4) is 5.75 Å². The second-order valence-corrected chi connectivity index (χ2v) is 8.97. The summed E-state index contributed by atoms with van der Waals surface area (Å²) in [6.07, 6.45) is 3.24. The van der Waals surface area contributed by atoms with E-state index in [0.29, 0.717) is 5.56 Å². The summed E-state index contributed by atoms with van der Waals surface area (Å²) in [6, 6.07) is 12.1. The van der Waals surface area contributed by atoms with E-state index in [1.54, 1.807) is 12.1 Å². The van der Waals surface area contributed by atoms with Gasteiger partial charge in [0.2, 0.25) is 0 Å². The normalized spacial score (nSPS) is 18.7. The van der Waals surface area contributed by atoms with E-state index in [9.17, 15) is 4.79 Å². The molecule has 0 bridgehead atoms. The molecule has 26 heavy (non-hydrogen) atoms. The maximum Gasteiger partial charge on any atom is 0.150 e. The van der Waals surface area contributed by atoms with Gasteiger partial charge in [0.05, 0.1) is 0 Å². The summed E-state index contributed by atoms with van der Waals surface area (Å²) in [4.78, 5) is 10.8. The highest BCUT2D eigenvalue weighted by Crippen LogP contribution is 2.47. The summed E-state index contributed by atoms with van der Waals surface area (Å²) in [5, 5.41) is 0. The Labute approximate surface area is 157 Å². The van der Waals surface area contributed by atoms with E-state index in [1.165, 1.54) is 35.1 Å². The Kier molecular flexibility index (Phi) is 4.72. The van der Waals surface area contributed by atoms with Gasteiger partial charge in [0.1, 0.15) is 18.1 Å². The predicted octanol–water partition coefficient (Wildman–Crippen LogP) is 6.30. The van der Waals surface area contributed by atoms with E-state index in [1.807, 2.05) is 12.1 Å². The van der Waals surface area contributed by atoms with Crippen molar-refractivity contribution >= 4 is 6.29 Å². The average molecular weight is 351 g/mol. The van der Waals surface area contributed by atoms with E-state index < -0.39 is 0 Å². The van der Waals surface area contributed by atoms with Crippen molar-refractivity contribution in [3.63, 3.8) is 0 Å². The Morgan fingerprint density at radius 1 is 0.962 bits per heavy atom.